The molecule has 0 aromatic rings. The van der Waals surface area contributed by atoms with E-state index < -0.39 is 0 Å². The zero-order valence-corrected chi connectivity index (χ0v) is 23.8. The fourth-order valence-corrected chi connectivity index (χ4v) is 10.4. The maximum absolute atomic E-state index is 12.2. The molecule has 0 radical (unpaired) electrons. The molecule has 0 aromatic heterocycles. The molecule has 0 amide bonds. The van der Waals surface area contributed by atoms with Crippen LogP contribution in [0.1, 0.15) is 106 Å². The van der Waals surface area contributed by atoms with Gasteiger partial charge in [-0.05, 0) is 104 Å². The molecule has 204 valence electrons. The first-order valence-corrected chi connectivity index (χ1v) is 14.9. The summed E-state index contributed by atoms with van der Waals surface area (Å²) in [7, 11) is 0. The molecule has 0 N–H and O–H groups in total. The smallest absolute Gasteiger partial charge is 0.302 e. The lowest BCUT2D eigenvalue weighted by Gasteiger charge is -2.62. The summed E-state index contributed by atoms with van der Waals surface area (Å²) in [5, 5.41) is 0. The third kappa shape index (κ3) is 4.33. The number of carbonyl (C=O) groups excluding carboxylic acids is 2. The first-order chi connectivity index (χ1) is 16.9. The maximum atomic E-state index is 12.2. The van der Waals surface area contributed by atoms with E-state index in [4.69, 9.17) is 14.2 Å². The van der Waals surface area contributed by atoms with Crippen molar-refractivity contribution in [3.05, 3.63) is 0 Å². The van der Waals surface area contributed by atoms with Crippen molar-refractivity contribution in [3.63, 3.8) is 0 Å². The largest absolute Gasteiger partial charge is 0.463 e. The standard InChI is InChI=1S/C31H50O5/c1-17(2)8-9-26-18(3)29-28(36-26)16-24-22-15-27(35-20(5)33)25-14-21(34-19(4)32)10-12-30(25,6)23(22)11-13-31(24,29)7/h17-18,21-29H,8-16H2,1-7H3/t18-,21+,22-,23+,24+,25-,26?,27-,28+,29+,30-,31+/m1/s1. The van der Waals surface area contributed by atoms with Crippen LogP contribution in [0.2, 0.25) is 0 Å². The molecule has 1 aliphatic heterocycles. The first-order valence-electron chi connectivity index (χ1n) is 14.9. The van der Waals surface area contributed by atoms with E-state index in [0.29, 0.717) is 47.2 Å². The summed E-state index contributed by atoms with van der Waals surface area (Å²) >= 11 is 0. The third-order valence-corrected chi connectivity index (χ3v) is 11.9. The topological polar surface area (TPSA) is 61.8 Å². The van der Waals surface area contributed by atoms with Gasteiger partial charge in [0.1, 0.15) is 12.2 Å². The lowest BCUT2D eigenvalue weighted by molar-refractivity contribution is -0.197. The summed E-state index contributed by atoms with van der Waals surface area (Å²) in [6.07, 6.45) is 10.6. The van der Waals surface area contributed by atoms with Crippen LogP contribution in [0.5, 0.6) is 0 Å². The zero-order chi connectivity index (χ0) is 26.0. The molecule has 1 heterocycles. The number of rotatable bonds is 5. The van der Waals surface area contributed by atoms with Gasteiger partial charge in [-0.2, -0.15) is 0 Å². The van der Waals surface area contributed by atoms with Gasteiger partial charge in [-0.15, -0.1) is 0 Å². The van der Waals surface area contributed by atoms with E-state index >= 15 is 0 Å². The number of fused-ring (bicyclic) bond motifs is 7. The first kappa shape index (κ1) is 26.5. The fourth-order valence-electron chi connectivity index (χ4n) is 10.4. The van der Waals surface area contributed by atoms with Gasteiger partial charge < -0.3 is 14.2 Å². The molecule has 5 aliphatic rings. The van der Waals surface area contributed by atoms with Crippen LogP contribution < -0.4 is 0 Å². The average Bonchev–Trinajstić information content (AvgIpc) is 3.26. The quantitative estimate of drug-likeness (QED) is 0.398. The predicted molar refractivity (Wildman–Crippen MR) is 139 cm³/mol. The molecule has 36 heavy (non-hydrogen) atoms. The second-order valence-electron chi connectivity index (χ2n) is 14.2. The highest BCUT2D eigenvalue weighted by Gasteiger charge is 2.67. The Morgan fingerprint density at radius 1 is 0.917 bits per heavy atom. The molecular formula is C31H50O5. The third-order valence-electron chi connectivity index (χ3n) is 11.9. The van der Waals surface area contributed by atoms with Gasteiger partial charge in [0.2, 0.25) is 0 Å². The van der Waals surface area contributed by atoms with Gasteiger partial charge in [0, 0.05) is 19.8 Å². The second kappa shape index (κ2) is 9.58. The molecule has 4 aliphatic carbocycles. The van der Waals surface area contributed by atoms with Gasteiger partial charge in [0.15, 0.2) is 0 Å². The average molecular weight is 503 g/mol. The van der Waals surface area contributed by atoms with E-state index in [1.807, 2.05) is 0 Å². The van der Waals surface area contributed by atoms with Crippen molar-refractivity contribution in [1.82, 2.24) is 0 Å². The molecule has 5 fully saturated rings. The van der Waals surface area contributed by atoms with Crippen LogP contribution in [-0.2, 0) is 23.8 Å². The van der Waals surface area contributed by atoms with Crippen molar-refractivity contribution < 1.29 is 23.8 Å². The Balaban J connectivity index is 1.39. The summed E-state index contributed by atoms with van der Waals surface area (Å²) < 4.78 is 18.6. The molecular weight excluding hydrogens is 452 g/mol. The normalized spacial score (nSPS) is 49.6. The highest BCUT2D eigenvalue weighted by molar-refractivity contribution is 5.66. The minimum Gasteiger partial charge on any atom is -0.463 e. The van der Waals surface area contributed by atoms with E-state index in [1.54, 1.807) is 6.92 Å². The Labute approximate surface area is 218 Å². The Kier molecular flexibility index (Phi) is 7.05. The summed E-state index contributed by atoms with van der Waals surface area (Å²) in [6.45, 7) is 15.2. The van der Waals surface area contributed by atoms with Crippen molar-refractivity contribution >= 4 is 11.9 Å². The lowest BCUT2D eigenvalue weighted by Crippen LogP contribution is -2.59. The Hall–Kier alpha value is -1.10. The summed E-state index contributed by atoms with van der Waals surface area (Å²) in [4.78, 5) is 23.9. The van der Waals surface area contributed by atoms with E-state index in [-0.39, 0.29) is 35.5 Å². The summed E-state index contributed by atoms with van der Waals surface area (Å²) in [5.41, 5.74) is 0.446. The van der Waals surface area contributed by atoms with Crippen molar-refractivity contribution in [3.8, 4) is 0 Å². The van der Waals surface area contributed by atoms with Gasteiger partial charge in [-0.1, -0.05) is 34.6 Å². The van der Waals surface area contributed by atoms with Crippen molar-refractivity contribution in [2.24, 2.45) is 52.3 Å². The van der Waals surface area contributed by atoms with Crippen molar-refractivity contribution in [1.29, 1.82) is 0 Å². The van der Waals surface area contributed by atoms with Crippen LogP contribution in [0.3, 0.4) is 0 Å². The highest BCUT2D eigenvalue weighted by atomic mass is 16.5. The molecule has 5 rings (SSSR count). The van der Waals surface area contributed by atoms with Crippen LogP contribution in [0.4, 0.5) is 0 Å². The van der Waals surface area contributed by atoms with E-state index in [9.17, 15) is 9.59 Å². The molecule has 0 aromatic carbocycles. The SMILES string of the molecule is CC(=O)O[C@H]1CC[C@@]2(C)[C@H](C1)[C@H](OC(C)=O)C[C@@H]1[C@@H]2CC[C@]2(C)[C@@H]3[C@H](C[C@@H]12)OC(CCC(C)C)[C@H]3C. The molecule has 4 saturated carbocycles. The molecule has 5 nitrogen and oxygen atoms in total. The fraction of sp³-hybridized carbons (Fsp3) is 0.935. The van der Waals surface area contributed by atoms with Crippen LogP contribution >= 0.6 is 0 Å². The monoisotopic (exact) mass is 502 g/mol. The van der Waals surface area contributed by atoms with Crippen molar-refractivity contribution in [2.45, 2.75) is 131 Å². The molecule has 0 bridgehead atoms. The molecule has 5 heteroatoms. The highest BCUT2D eigenvalue weighted by Crippen LogP contribution is 2.70. The summed E-state index contributed by atoms with van der Waals surface area (Å²) in [5.74, 6) is 3.75. The van der Waals surface area contributed by atoms with Gasteiger partial charge in [-0.25, -0.2) is 0 Å². The van der Waals surface area contributed by atoms with Crippen LogP contribution in [-0.4, -0.2) is 36.4 Å². The number of hydrogen-bond acceptors (Lipinski definition) is 5. The Morgan fingerprint density at radius 3 is 2.28 bits per heavy atom. The minimum absolute atomic E-state index is 0.0492. The van der Waals surface area contributed by atoms with Crippen LogP contribution in [0.15, 0.2) is 0 Å². The van der Waals surface area contributed by atoms with Gasteiger partial charge in [0.25, 0.3) is 0 Å². The minimum atomic E-state index is -0.201. The van der Waals surface area contributed by atoms with Gasteiger partial charge in [0.05, 0.1) is 12.2 Å². The van der Waals surface area contributed by atoms with E-state index in [0.717, 1.165) is 31.6 Å². The predicted octanol–water partition coefficient (Wildman–Crippen LogP) is 6.57. The van der Waals surface area contributed by atoms with Crippen LogP contribution in [0, 0.1) is 52.3 Å². The number of carbonyl (C=O) groups is 2. The Bertz CT molecular complexity index is 854. The molecule has 1 unspecified atom stereocenters. The van der Waals surface area contributed by atoms with E-state index in [1.165, 1.54) is 39.0 Å². The number of esters is 2. The van der Waals surface area contributed by atoms with Crippen LogP contribution in [0.25, 0.3) is 0 Å². The number of ether oxygens (including phenoxy) is 3. The molecule has 1 saturated heterocycles. The number of hydrogen-bond donors (Lipinski definition) is 0. The molecule has 12 atom stereocenters. The summed E-state index contributed by atoms with van der Waals surface area (Å²) in [6, 6.07) is 0. The Morgan fingerprint density at radius 2 is 1.61 bits per heavy atom. The zero-order valence-electron chi connectivity index (χ0n) is 23.8. The molecule has 0 spiro atoms. The van der Waals surface area contributed by atoms with Gasteiger partial charge in [-0.3, -0.25) is 9.59 Å². The lowest BCUT2D eigenvalue weighted by atomic mass is 9.43. The second-order valence-corrected chi connectivity index (χ2v) is 14.2. The van der Waals surface area contributed by atoms with E-state index in [2.05, 4.69) is 34.6 Å². The van der Waals surface area contributed by atoms with Gasteiger partial charge >= 0.3 is 11.9 Å². The maximum Gasteiger partial charge on any atom is 0.302 e. The van der Waals surface area contributed by atoms with Crippen molar-refractivity contribution in [2.75, 3.05) is 0 Å².